The van der Waals surface area contributed by atoms with Crippen LogP contribution in [0.25, 0.3) is 27.6 Å². The van der Waals surface area contributed by atoms with Crippen molar-refractivity contribution >= 4 is 28.4 Å². The lowest BCUT2D eigenvalue weighted by atomic mass is 9.92. The Bertz CT molecular complexity index is 1670. The lowest BCUT2D eigenvalue weighted by Gasteiger charge is -2.30. The monoisotopic (exact) mass is 594 g/mol. The van der Waals surface area contributed by atoms with Gasteiger partial charge in [-0.3, -0.25) is 0 Å². The maximum atomic E-state index is 13.7. The first-order valence-corrected chi connectivity index (χ1v) is 13.7. The van der Waals surface area contributed by atoms with Gasteiger partial charge in [0.05, 0.1) is 11.6 Å². The van der Waals surface area contributed by atoms with E-state index in [4.69, 9.17) is 4.74 Å². The highest BCUT2D eigenvalue weighted by atomic mass is 19.4. The number of halogens is 4. The molecule has 1 aliphatic rings. The summed E-state index contributed by atoms with van der Waals surface area (Å²) < 4.78 is 58.1. The molecule has 0 saturated heterocycles. The number of benzene rings is 2. The van der Waals surface area contributed by atoms with Crippen LogP contribution in [0.2, 0.25) is 0 Å². The van der Waals surface area contributed by atoms with Crippen molar-refractivity contribution in [3.63, 3.8) is 0 Å². The second kappa shape index (κ2) is 11.6. The summed E-state index contributed by atoms with van der Waals surface area (Å²) in [5.41, 5.74) is 3.85. The van der Waals surface area contributed by atoms with Crippen LogP contribution in [0.4, 0.5) is 28.2 Å². The maximum absolute atomic E-state index is 13.7. The van der Waals surface area contributed by atoms with E-state index in [1.54, 1.807) is 24.0 Å². The van der Waals surface area contributed by atoms with E-state index in [1.807, 2.05) is 39.0 Å². The Morgan fingerprint density at radius 1 is 1.00 bits per heavy atom. The first kappa shape index (κ1) is 29.9. The number of hydrogen-bond donors (Lipinski definition) is 1. The number of alkyl halides is 3. The van der Waals surface area contributed by atoms with Crippen molar-refractivity contribution in [3.8, 4) is 11.1 Å². The second-order valence-corrected chi connectivity index (χ2v) is 11.3. The summed E-state index contributed by atoms with van der Waals surface area (Å²) in [5, 5.41) is 3.92. The van der Waals surface area contributed by atoms with E-state index in [-0.39, 0.29) is 11.9 Å². The molecule has 0 aliphatic carbocycles. The van der Waals surface area contributed by atoms with Gasteiger partial charge in [-0.2, -0.15) is 13.2 Å². The molecule has 43 heavy (non-hydrogen) atoms. The number of anilines is 1. The third kappa shape index (κ3) is 6.90. The molecule has 8 nitrogen and oxygen atoms in total. The molecule has 1 atom stereocenters. The van der Waals surface area contributed by atoms with Gasteiger partial charge in [0.15, 0.2) is 0 Å². The number of aromatic nitrogens is 4. The van der Waals surface area contributed by atoms with Crippen molar-refractivity contribution in [1.29, 1.82) is 0 Å². The zero-order valence-electron chi connectivity index (χ0n) is 24.0. The molecule has 3 heterocycles. The lowest BCUT2D eigenvalue weighted by molar-refractivity contribution is -0.145. The summed E-state index contributed by atoms with van der Waals surface area (Å²) in [5.74, 6) is -1.12. The summed E-state index contributed by atoms with van der Waals surface area (Å²) in [7, 11) is 0. The molecular formula is C31H30F4N6O2. The van der Waals surface area contributed by atoms with Crippen molar-refractivity contribution in [2.24, 2.45) is 0 Å². The van der Waals surface area contributed by atoms with Crippen molar-refractivity contribution in [3.05, 3.63) is 84.0 Å². The third-order valence-electron chi connectivity index (χ3n) is 6.90. The Balaban J connectivity index is 1.53. The first-order valence-electron chi connectivity index (χ1n) is 13.7. The zero-order valence-corrected chi connectivity index (χ0v) is 24.0. The number of nitrogens with zero attached hydrogens (tertiary/aromatic N) is 5. The van der Waals surface area contributed by atoms with Gasteiger partial charge < -0.3 is 15.0 Å². The van der Waals surface area contributed by atoms with Crippen molar-refractivity contribution in [2.45, 2.75) is 51.9 Å². The quantitative estimate of drug-likeness (QED) is 0.240. The van der Waals surface area contributed by atoms with E-state index in [1.165, 1.54) is 18.5 Å². The van der Waals surface area contributed by atoms with Crippen molar-refractivity contribution < 1.29 is 27.1 Å². The highest BCUT2D eigenvalue weighted by molar-refractivity contribution is 6.00. The van der Waals surface area contributed by atoms with Gasteiger partial charge in [0.25, 0.3) is 0 Å². The van der Waals surface area contributed by atoms with Crippen molar-refractivity contribution in [2.75, 3.05) is 18.4 Å². The summed E-state index contributed by atoms with van der Waals surface area (Å²) in [6.45, 7) is 8.03. The number of amides is 1. The Hall–Kier alpha value is -4.61. The highest BCUT2D eigenvalue weighted by Crippen LogP contribution is 2.36. The van der Waals surface area contributed by atoms with E-state index in [9.17, 15) is 22.4 Å². The Morgan fingerprint density at radius 2 is 1.70 bits per heavy atom. The number of hydrogen-bond acceptors (Lipinski definition) is 7. The number of fused-ring (bicyclic) bond motifs is 1. The first-order chi connectivity index (χ1) is 20.3. The van der Waals surface area contributed by atoms with Crippen LogP contribution in [-0.2, 0) is 10.9 Å². The maximum Gasteiger partial charge on any atom is 0.451 e. The highest BCUT2D eigenvalue weighted by Gasteiger charge is 2.34. The smallest absolute Gasteiger partial charge is 0.444 e. The minimum Gasteiger partial charge on any atom is -0.444 e. The van der Waals surface area contributed by atoms with Crippen LogP contribution in [0.15, 0.2) is 61.2 Å². The van der Waals surface area contributed by atoms with E-state index >= 15 is 0 Å². The average Bonchev–Trinajstić information content (AvgIpc) is 2.96. The predicted molar refractivity (Wildman–Crippen MR) is 154 cm³/mol. The fourth-order valence-corrected chi connectivity index (χ4v) is 4.74. The van der Waals surface area contributed by atoms with Gasteiger partial charge in [-0.25, -0.2) is 29.1 Å². The molecule has 5 rings (SSSR count). The third-order valence-corrected chi connectivity index (χ3v) is 6.90. The topological polar surface area (TPSA) is 93.1 Å². The molecule has 1 unspecified atom stereocenters. The van der Waals surface area contributed by atoms with Crippen LogP contribution >= 0.6 is 0 Å². The molecule has 224 valence electrons. The van der Waals surface area contributed by atoms with Crippen LogP contribution < -0.4 is 5.32 Å². The Kier molecular flexibility index (Phi) is 8.04. The summed E-state index contributed by atoms with van der Waals surface area (Å²) >= 11 is 0. The summed E-state index contributed by atoms with van der Waals surface area (Å²) in [6, 6.07) is 9.50. The molecule has 0 spiro atoms. The van der Waals surface area contributed by atoms with Gasteiger partial charge in [-0.05, 0) is 75.1 Å². The minimum atomic E-state index is -4.64. The fraction of sp³-hybridized carbons (Fsp3) is 0.323. The van der Waals surface area contributed by atoms with E-state index < -0.39 is 23.6 Å². The molecular weight excluding hydrogens is 564 g/mol. The fourth-order valence-electron chi connectivity index (χ4n) is 4.74. The molecule has 2 aromatic carbocycles. The van der Waals surface area contributed by atoms with Gasteiger partial charge >= 0.3 is 12.3 Å². The van der Waals surface area contributed by atoms with Gasteiger partial charge in [-0.1, -0.05) is 18.2 Å². The van der Waals surface area contributed by atoms with E-state index in [2.05, 4.69) is 25.3 Å². The van der Waals surface area contributed by atoms with Crippen LogP contribution in [0.1, 0.15) is 57.1 Å². The Morgan fingerprint density at radius 3 is 2.30 bits per heavy atom. The molecule has 0 saturated carbocycles. The van der Waals surface area contributed by atoms with Crippen molar-refractivity contribution in [1.82, 2.24) is 24.8 Å². The number of carbonyl (C=O) groups is 1. The minimum absolute atomic E-state index is 0.355. The zero-order chi connectivity index (χ0) is 30.9. The van der Waals surface area contributed by atoms with Crippen LogP contribution in [0.3, 0.4) is 0 Å². The number of ether oxygens (including phenoxy) is 1. The Labute approximate surface area is 245 Å². The molecule has 0 radical (unpaired) electrons. The largest absolute Gasteiger partial charge is 0.451 e. The van der Waals surface area contributed by atoms with Gasteiger partial charge in [0.1, 0.15) is 23.6 Å². The summed E-state index contributed by atoms with van der Waals surface area (Å²) in [4.78, 5) is 30.2. The SMILES string of the molecule is CC(Nc1ncnc2c(C3=CCN(C(=O)OC(C)(C)C)CC3)cc(-c3ccc(F)cc3)cc12)c1cnc(C(F)(F)F)nc1. The van der Waals surface area contributed by atoms with Gasteiger partial charge in [0.2, 0.25) is 5.82 Å². The van der Waals surface area contributed by atoms with E-state index in [0.717, 1.165) is 34.7 Å². The molecule has 1 aliphatic heterocycles. The molecule has 4 aromatic rings. The molecule has 0 fully saturated rings. The van der Waals surface area contributed by atoms with E-state index in [0.29, 0.717) is 41.8 Å². The predicted octanol–water partition coefficient (Wildman–Crippen LogP) is 7.44. The standard InChI is InChI=1S/C31H30F4N6O2/c1-18(22-15-36-28(37-16-22)31(33,34)35)40-27-25-14-21(19-5-7-23(32)8-6-19)13-24(26(25)38-17-39-27)20-9-11-41(12-10-20)29(42)43-30(2,3)4/h5-9,13-18H,10-12H2,1-4H3,(H,38,39,40). The summed E-state index contributed by atoms with van der Waals surface area (Å²) in [6.07, 6.45) is 1.18. The number of rotatable bonds is 5. The van der Waals surface area contributed by atoms with Gasteiger partial charge in [-0.15, -0.1) is 0 Å². The molecule has 1 amide bonds. The molecule has 1 N–H and O–H groups in total. The second-order valence-electron chi connectivity index (χ2n) is 11.3. The molecule has 2 aromatic heterocycles. The van der Waals surface area contributed by atoms with Crippen LogP contribution in [-0.4, -0.2) is 49.6 Å². The normalized spacial score (nSPS) is 14.8. The van der Waals surface area contributed by atoms with Crippen LogP contribution in [0.5, 0.6) is 0 Å². The molecule has 12 heteroatoms. The molecule has 0 bridgehead atoms. The number of nitrogens with one attached hydrogen (secondary N) is 1. The van der Waals surface area contributed by atoms with Crippen LogP contribution in [0, 0.1) is 5.82 Å². The number of carbonyl (C=O) groups excluding carboxylic acids is 1. The average molecular weight is 595 g/mol. The van der Waals surface area contributed by atoms with Gasteiger partial charge in [0, 0.05) is 42.0 Å². The lowest BCUT2D eigenvalue weighted by Crippen LogP contribution is -2.39.